The van der Waals surface area contributed by atoms with E-state index in [-0.39, 0.29) is 17.0 Å². The van der Waals surface area contributed by atoms with Gasteiger partial charge in [-0.1, -0.05) is 31.5 Å². The minimum absolute atomic E-state index is 0.0874. The molecule has 0 bridgehead atoms. The molecule has 5 N–H and O–H groups in total. The number of esters is 1. The summed E-state index contributed by atoms with van der Waals surface area (Å²) < 4.78 is 35.3. The Balaban J connectivity index is 2.39. The zero-order valence-corrected chi connectivity index (χ0v) is 18.7. The second kappa shape index (κ2) is 11.8. The van der Waals surface area contributed by atoms with E-state index >= 15 is 0 Å². The van der Waals surface area contributed by atoms with Crippen LogP contribution in [0.3, 0.4) is 0 Å². The van der Waals surface area contributed by atoms with Gasteiger partial charge in [-0.05, 0) is 30.7 Å². The maximum atomic E-state index is 12.5. The summed E-state index contributed by atoms with van der Waals surface area (Å²) in [7, 11) is -4.33. The Morgan fingerprint density at radius 2 is 1.82 bits per heavy atom. The molecule has 0 aliphatic rings. The number of aliphatic carboxylic acids is 1. The maximum absolute atomic E-state index is 12.5. The molecule has 0 atom stereocenters. The summed E-state index contributed by atoms with van der Waals surface area (Å²) >= 11 is 0. The molecule has 0 radical (unpaired) electrons. The number of anilines is 1. The molecule has 0 aliphatic heterocycles. The Morgan fingerprint density at radius 3 is 2.42 bits per heavy atom. The number of primary sulfonamides is 1. The maximum Gasteiger partial charge on any atom is 0.338 e. The fraction of sp³-hybridized carbons (Fsp3) is 0.286. The largest absolute Gasteiger partial charge is 0.480 e. The average Bonchev–Trinajstić information content (AvgIpc) is 2.76. The lowest BCUT2D eigenvalue weighted by molar-refractivity contribution is -0.138. The molecule has 0 saturated heterocycles. The zero-order valence-electron chi connectivity index (χ0n) is 17.9. The fourth-order valence-corrected chi connectivity index (χ4v) is 3.32. The van der Waals surface area contributed by atoms with Gasteiger partial charge in [0.25, 0.3) is 5.91 Å². The molecule has 0 unspecified atom stereocenters. The third-order valence-electron chi connectivity index (χ3n) is 4.18. The molecule has 2 rings (SSSR count). The number of nitrogens with two attached hydrogens (primary N) is 1. The van der Waals surface area contributed by atoms with Crippen molar-refractivity contribution in [3.63, 3.8) is 0 Å². The number of amides is 1. The summed E-state index contributed by atoms with van der Waals surface area (Å²) in [5, 5.41) is 19.0. The summed E-state index contributed by atoms with van der Waals surface area (Å²) in [5.74, 6) is -2.83. The van der Waals surface area contributed by atoms with Crippen molar-refractivity contribution in [1.82, 2.24) is 5.32 Å². The van der Waals surface area contributed by atoms with Gasteiger partial charge in [-0.2, -0.15) is 0 Å². The molecule has 0 heterocycles. The van der Waals surface area contributed by atoms with Crippen LogP contribution in [0.4, 0.5) is 5.69 Å². The number of benzene rings is 2. The molecule has 0 aromatic heterocycles. The second-order valence-corrected chi connectivity index (χ2v) is 8.37. The number of hydrogen-bond acceptors (Lipinski definition) is 8. The highest BCUT2D eigenvalue weighted by Crippen LogP contribution is 2.37. The Bertz CT molecular complexity index is 1100. The highest BCUT2D eigenvalue weighted by atomic mass is 32.2. The number of para-hydroxylation sites is 1. The van der Waals surface area contributed by atoms with Crippen LogP contribution in [0.25, 0.3) is 0 Å². The van der Waals surface area contributed by atoms with E-state index in [0.29, 0.717) is 12.3 Å². The highest BCUT2D eigenvalue weighted by molar-refractivity contribution is 7.89. The van der Waals surface area contributed by atoms with Crippen molar-refractivity contribution < 1.29 is 37.4 Å². The van der Waals surface area contributed by atoms with Crippen LogP contribution in [0, 0.1) is 0 Å². The van der Waals surface area contributed by atoms with Gasteiger partial charge in [0.2, 0.25) is 10.0 Å². The Hall–Kier alpha value is -3.64. The minimum Gasteiger partial charge on any atom is -0.480 e. The normalized spacial score (nSPS) is 10.8. The molecule has 11 nitrogen and oxygen atoms in total. The third kappa shape index (κ3) is 8.09. The van der Waals surface area contributed by atoms with Gasteiger partial charge in [-0.15, -0.1) is 0 Å². The number of unbranched alkanes of at least 4 members (excludes halogenated alkanes) is 1. The van der Waals surface area contributed by atoms with E-state index in [9.17, 15) is 22.8 Å². The van der Waals surface area contributed by atoms with Crippen LogP contribution >= 0.6 is 0 Å². The van der Waals surface area contributed by atoms with Crippen molar-refractivity contribution in [1.29, 1.82) is 0 Å². The van der Waals surface area contributed by atoms with Crippen LogP contribution in [0.15, 0.2) is 47.4 Å². The smallest absolute Gasteiger partial charge is 0.338 e. The number of sulfonamides is 1. The Labute approximate surface area is 190 Å². The molecule has 1 amide bonds. The quantitative estimate of drug-likeness (QED) is 0.261. The molecular formula is C21H25N3O8S. The highest BCUT2D eigenvalue weighted by Gasteiger charge is 2.24. The fourth-order valence-electron chi connectivity index (χ4n) is 2.61. The van der Waals surface area contributed by atoms with Gasteiger partial charge in [0, 0.05) is 6.54 Å². The number of carboxylic acid groups (broad SMARTS) is 1. The van der Waals surface area contributed by atoms with Gasteiger partial charge in [-0.3, -0.25) is 9.59 Å². The summed E-state index contributed by atoms with van der Waals surface area (Å²) in [4.78, 5) is 34.1. The van der Waals surface area contributed by atoms with E-state index < -0.39 is 45.9 Å². The van der Waals surface area contributed by atoms with E-state index in [1.807, 2.05) is 12.2 Å². The summed E-state index contributed by atoms with van der Waals surface area (Å²) in [5.41, 5.74) is 0.00516. The number of carboxylic acids is 1. The minimum atomic E-state index is -4.33. The molecule has 0 saturated carbocycles. The number of rotatable bonds is 12. The van der Waals surface area contributed by atoms with Crippen LogP contribution < -0.4 is 20.5 Å². The standard InChI is InChI=1S/C21H25N3O8S/c1-2-3-9-23-16-10-14(21(28)31-13-18(25)24-12-19(26)27)11-17(33(22,29)30)20(16)32-15-7-5-4-6-8-15/h4-8,10-11,23H,2-3,9,12-13H2,1H3,(H,24,25)(H,26,27)(H2,22,29,30). The van der Waals surface area contributed by atoms with Crippen LogP contribution in [0.2, 0.25) is 0 Å². The van der Waals surface area contributed by atoms with Gasteiger partial charge in [-0.25, -0.2) is 18.4 Å². The van der Waals surface area contributed by atoms with Crippen molar-refractivity contribution in [3.8, 4) is 11.5 Å². The molecule has 0 fully saturated rings. The molecule has 0 aliphatic carbocycles. The number of hydrogen-bond donors (Lipinski definition) is 4. The number of carbonyl (C=O) groups excluding carboxylic acids is 2. The number of ether oxygens (including phenoxy) is 2. The van der Waals surface area contributed by atoms with E-state index in [0.717, 1.165) is 18.9 Å². The summed E-state index contributed by atoms with van der Waals surface area (Å²) in [6.07, 6.45) is 1.62. The first kappa shape index (κ1) is 25.6. The lowest BCUT2D eigenvalue weighted by atomic mass is 10.1. The number of nitrogens with one attached hydrogen (secondary N) is 2. The predicted molar refractivity (Wildman–Crippen MR) is 119 cm³/mol. The van der Waals surface area contributed by atoms with Crippen molar-refractivity contribution in [2.45, 2.75) is 24.7 Å². The molecule has 0 spiro atoms. The SMILES string of the molecule is CCCCNc1cc(C(=O)OCC(=O)NCC(=O)O)cc(S(N)(=O)=O)c1Oc1ccccc1. The van der Waals surface area contributed by atoms with E-state index in [1.165, 1.54) is 6.07 Å². The van der Waals surface area contributed by atoms with Crippen molar-refractivity contribution in [2.75, 3.05) is 25.0 Å². The van der Waals surface area contributed by atoms with E-state index in [1.54, 1.807) is 30.3 Å². The van der Waals surface area contributed by atoms with Gasteiger partial charge in [0.05, 0.1) is 11.3 Å². The molecule has 33 heavy (non-hydrogen) atoms. The third-order valence-corrected chi connectivity index (χ3v) is 5.09. The summed E-state index contributed by atoms with van der Waals surface area (Å²) in [6.45, 7) is 1.05. The van der Waals surface area contributed by atoms with E-state index in [4.69, 9.17) is 19.7 Å². The van der Waals surface area contributed by atoms with Crippen LogP contribution in [-0.4, -0.2) is 51.1 Å². The van der Waals surface area contributed by atoms with Crippen molar-refractivity contribution in [2.24, 2.45) is 5.14 Å². The Morgan fingerprint density at radius 1 is 1.12 bits per heavy atom. The molecular weight excluding hydrogens is 454 g/mol. The first-order chi connectivity index (χ1) is 15.6. The topological polar surface area (TPSA) is 174 Å². The predicted octanol–water partition coefficient (Wildman–Crippen LogP) is 1.70. The first-order valence-corrected chi connectivity index (χ1v) is 11.5. The van der Waals surface area contributed by atoms with Gasteiger partial charge in [0.15, 0.2) is 12.4 Å². The van der Waals surface area contributed by atoms with Gasteiger partial charge in [0.1, 0.15) is 17.2 Å². The lowest BCUT2D eigenvalue weighted by Crippen LogP contribution is -2.33. The molecule has 178 valence electrons. The van der Waals surface area contributed by atoms with Gasteiger partial charge < -0.3 is 25.2 Å². The molecule has 2 aromatic rings. The van der Waals surface area contributed by atoms with Crippen molar-refractivity contribution in [3.05, 3.63) is 48.0 Å². The van der Waals surface area contributed by atoms with Crippen LogP contribution in [-0.2, 0) is 24.3 Å². The van der Waals surface area contributed by atoms with Crippen LogP contribution in [0.5, 0.6) is 11.5 Å². The monoisotopic (exact) mass is 479 g/mol. The summed E-state index contributed by atoms with van der Waals surface area (Å²) in [6, 6.07) is 10.8. The zero-order chi connectivity index (χ0) is 24.4. The van der Waals surface area contributed by atoms with Gasteiger partial charge >= 0.3 is 11.9 Å². The van der Waals surface area contributed by atoms with E-state index in [2.05, 4.69) is 5.32 Å². The van der Waals surface area contributed by atoms with Crippen LogP contribution in [0.1, 0.15) is 30.1 Å². The second-order valence-electron chi connectivity index (χ2n) is 6.84. The first-order valence-electron chi connectivity index (χ1n) is 9.95. The molecule has 2 aromatic carbocycles. The van der Waals surface area contributed by atoms with Crippen molar-refractivity contribution >= 4 is 33.6 Å². The Kier molecular flexibility index (Phi) is 9.18. The number of carbonyl (C=O) groups is 3. The lowest BCUT2D eigenvalue weighted by Gasteiger charge is -2.17. The average molecular weight is 480 g/mol. The molecule has 12 heteroatoms.